The maximum absolute atomic E-state index is 16.1. The summed E-state index contributed by atoms with van der Waals surface area (Å²) in [4.78, 5) is 29.4. The van der Waals surface area contributed by atoms with Gasteiger partial charge in [0.25, 0.3) is 0 Å². The van der Waals surface area contributed by atoms with Crippen molar-refractivity contribution in [3.8, 4) is 17.0 Å². The van der Waals surface area contributed by atoms with Gasteiger partial charge in [0.2, 0.25) is 0 Å². The number of fused-ring (bicyclic) bond motifs is 12. The average molecular weight is 618 g/mol. The highest BCUT2D eigenvalue weighted by Crippen LogP contribution is 2.76. The molecule has 1 saturated heterocycles. The summed E-state index contributed by atoms with van der Waals surface area (Å²) in [5, 5.41) is 10.3. The van der Waals surface area contributed by atoms with Gasteiger partial charge in [-0.1, -0.05) is 79.7 Å². The van der Waals surface area contributed by atoms with Crippen molar-refractivity contribution in [1.82, 2.24) is 14.9 Å². The summed E-state index contributed by atoms with van der Waals surface area (Å²) in [7, 11) is 2.23. The highest BCUT2D eigenvalue weighted by Gasteiger charge is 2.78. The molecule has 5 heteroatoms. The molecule has 1 aromatic heterocycles. The summed E-state index contributed by atoms with van der Waals surface area (Å²) in [6.07, 6.45) is 4.74. The molecule has 5 nitrogen and oxygen atoms in total. The van der Waals surface area contributed by atoms with Crippen molar-refractivity contribution < 1.29 is 9.90 Å². The van der Waals surface area contributed by atoms with Crippen LogP contribution < -0.4 is 0 Å². The van der Waals surface area contributed by atoms with E-state index in [0.29, 0.717) is 23.4 Å². The fourth-order valence-electron chi connectivity index (χ4n) is 11.8. The molecule has 10 rings (SSSR count). The van der Waals surface area contributed by atoms with Crippen LogP contribution in [0.4, 0.5) is 0 Å². The Kier molecular flexibility index (Phi) is 5.54. The number of para-hydroxylation sites is 2. The third kappa shape index (κ3) is 3.26. The van der Waals surface area contributed by atoms with E-state index in [0.717, 1.165) is 66.6 Å². The third-order valence-corrected chi connectivity index (χ3v) is 13.5. The van der Waals surface area contributed by atoms with E-state index in [2.05, 4.69) is 85.6 Å². The van der Waals surface area contributed by atoms with Gasteiger partial charge in [-0.25, -0.2) is 9.97 Å². The molecule has 1 N–H and O–H groups in total. The number of aryl methyl sites for hydroxylation is 1. The topological polar surface area (TPSA) is 66.3 Å². The second-order valence-electron chi connectivity index (χ2n) is 15.3. The molecule has 47 heavy (non-hydrogen) atoms. The zero-order valence-corrected chi connectivity index (χ0v) is 27.0. The van der Waals surface area contributed by atoms with Gasteiger partial charge in [-0.15, -0.1) is 0 Å². The molecule has 5 aliphatic rings. The number of likely N-dealkylation sites (tertiary alicyclic amines) is 1. The van der Waals surface area contributed by atoms with Crippen LogP contribution in [-0.4, -0.2) is 39.4 Å². The molecule has 4 aliphatic carbocycles. The molecule has 1 aliphatic heterocycles. The van der Waals surface area contributed by atoms with Crippen LogP contribution in [0.15, 0.2) is 97.1 Å². The molecular formula is C42H39N3O2. The number of benzene rings is 4. The summed E-state index contributed by atoms with van der Waals surface area (Å²) in [6.45, 7) is 3.09. The average Bonchev–Trinajstić information content (AvgIpc) is 3.64. The van der Waals surface area contributed by atoms with Gasteiger partial charge in [0.1, 0.15) is 17.1 Å². The second kappa shape index (κ2) is 9.38. The molecule has 3 fully saturated rings. The first-order valence-corrected chi connectivity index (χ1v) is 17.4. The zero-order valence-electron chi connectivity index (χ0n) is 27.0. The molecule has 0 amide bonds. The van der Waals surface area contributed by atoms with E-state index >= 15 is 4.79 Å². The van der Waals surface area contributed by atoms with Crippen LogP contribution >= 0.6 is 0 Å². The van der Waals surface area contributed by atoms with Gasteiger partial charge in [0.05, 0.1) is 27.8 Å². The van der Waals surface area contributed by atoms with Crippen molar-refractivity contribution >= 4 is 16.8 Å². The van der Waals surface area contributed by atoms with Crippen molar-refractivity contribution in [2.75, 3.05) is 13.6 Å². The second-order valence-corrected chi connectivity index (χ2v) is 15.3. The van der Waals surface area contributed by atoms with E-state index in [1.807, 2.05) is 30.3 Å². The number of rotatable bonds is 1. The standard InChI is InChI=1S/C42H39N3O2/c1-40-21-20-29-28-19-17-27(46)22-26(28)16-18-30(29)33(40)23-41(39(40)47)34(25-10-4-3-5-11-25)24-45(2)42(41)32-13-7-6-12-31(32)37-38(42)44-36-15-9-8-14-35(36)43-37/h3-15,17,19,22,29-30,33-34,46H,16,18,20-21,23-24H2,1-2H3/t29-,30-,33+,34-,40+,41-,42-/m1/s1. The fourth-order valence-corrected chi connectivity index (χ4v) is 11.8. The Bertz CT molecular complexity index is 2130. The summed E-state index contributed by atoms with van der Waals surface area (Å²) in [5.41, 5.74) is 7.98. The Labute approximate surface area is 275 Å². The van der Waals surface area contributed by atoms with Gasteiger partial charge in [0, 0.05) is 23.4 Å². The van der Waals surface area contributed by atoms with Crippen molar-refractivity contribution in [1.29, 1.82) is 0 Å². The number of nitrogens with zero attached hydrogens (tertiary/aromatic N) is 3. The van der Waals surface area contributed by atoms with Crippen molar-refractivity contribution in [3.05, 3.63) is 125 Å². The molecule has 2 saturated carbocycles. The van der Waals surface area contributed by atoms with E-state index in [1.54, 1.807) is 0 Å². The molecule has 5 aromatic rings. The molecule has 0 bridgehead atoms. The summed E-state index contributed by atoms with van der Waals surface area (Å²) in [5.74, 6) is 1.90. The van der Waals surface area contributed by atoms with Gasteiger partial charge >= 0.3 is 0 Å². The minimum atomic E-state index is -0.734. The molecule has 7 atom stereocenters. The first-order valence-electron chi connectivity index (χ1n) is 17.4. The number of ketones is 1. The lowest BCUT2D eigenvalue weighted by Crippen LogP contribution is -2.54. The first-order chi connectivity index (χ1) is 22.9. The quantitative estimate of drug-likeness (QED) is 0.206. The van der Waals surface area contributed by atoms with Crippen LogP contribution in [-0.2, 0) is 16.8 Å². The van der Waals surface area contributed by atoms with E-state index in [-0.39, 0.29) is 11.8 Å². The normalized spacial score (nSPS) is 33.5. The van der Waals surface area contributed by atoms with Crippen LogP contribution in [0.1, 0.15) is 72.4 Å². The highest BCUT2D eigenvalue weighted by atomic mass is 16.3. The van der Waals surface area contributed by atoms with Crippen LogP contribution in [0, 0.1) is 22.7 Å². The van der Waals surface area contributed by atoms with E-state index in [1.165, 1.54) is 22.3 Å². The molecular weight excluding hydrogens is 578 g/mol. The molecule has 4 aromatic carbocycles. The minimum Gasteiger partial charge on any atom is -0.508 e. The largest absolute Gasteiger partial charge is 0.508 e. The number of likely N-dealkylation sites (N-methyl/N-ethyl adjacent to an activating group) is 1. The third-order valence-electron chi connectivity index (χ3n) is 13.5. The van der Waals surface area contributed by atoms with E-state index in [9.17, 15) is 5.11 Å². The number of hydrogen-bond donors (Lipinski definition) is 1. The number of carbonyl (C=O) groups is 1. The lowest BCUT2D eigenvalue weighted by atomic mass is 9.55. The Morgan fingerprint density at radius 1 is 0.872 bits per heavy atom. The fraction of sp³-hybridized carbons (Fsp3) is 0.357. The Hall–Kier alpha value is -4.35. The monoisotopic (exact) mass is 617 g/mol. The first kappa shape index (κ1) is 27.7. The number of carbonyl (C=O) groups excluding carboxylic acids is 1. The van der Waals surface area contributed by atoms with Gasteiger partial charge in [-0.05, 0) is 103 Å². The molecule has 0 unspecified atom stereocenters. The van der Waals surface area contributed by atoms with Crippen molar-refractivity contribution in [2.24, 2.45) is 22.7 Å². The van der Waals surface area contributed by atoms with Gasteiger partial charge in [-0.2, -0.15) is 0 Å². The van der Waals surface area contributed by atoms with E-state index < -0.39 is 16.4 Å². The minimum absolute atomic E-state index is 0.0159. The van der Waals surface area contributed by atoms with Crippen LogP contribution in [0.3, 0.4) is 0 Å². The Morgan fingerprint density at radius 2 is 1.62 bits per heavy atom. The molecule has 234 valence electrons. The molecule has 2 spiro atoms. The van der Waals surface area contributed by atoms with Crippen molar-refractivity contribution in [2.45, 2.75) is 56.4 Å². The lowest BCUT2D eigenvalue weighted by molar-refractivity contribution is -0.139. The maximum Gasteiger partial charge on any atom is 0.148 e. The van der Waals surface area contributed by atoms with Crippen LogP contribution in [0.2, 0.25) is 0 Å². The molecule has 0 radical (unpaired) electrons. The van der Waals surface area contributed by atoms with Gasteiger partial charge in [-0.3, -0.25) is 9.69 Å². The Morgan fingerprint density at radius 3 is 2.45 bits per heavy atom. The number of Topliss-reactive ketones (excluding diaryl/α,β-unsaturated/α-hetero) is 1. The number of phenols is 1. The summed E-state index contributed by atoms with van der Waals surface area (Å²) >= 11 is 0. The van der Waals surface area contributed by atoms with Crippen LogP contribution in [0.5, 0.6) is 5.75 Å². The number of aromatic hydroxyl groups is 1. The Balaban J connectivity index is 1.25. The predicted molar refractivity (Wildman–Crippen MR) is 183 cm³/mol. The SMILES string of the molecule is CN1C[C@H](c2ccccc2)[C@@]2(C[C@H]3[C@@H]4CCc5cc(O)ccc5[C@H]4CC[C@]3(C)C2=O)[C@]12c1ccccc1-c1nc3ccccc3nc12. The lowest BCUT2D eigenvalue weighted by Gasteiger charge is -2.48. The van der Waals surface area contributed by atoms with E-state index in [4.69, 9.17) is 9.97 Å². The predicted octanol–water partition coefficient (Wildman–Crippen LogP) is 8.01. The maximum atomic E-state index is 16.1. The number of phenolic OH excluding ortho intramolecular Hbond substituents is 1. The highest BCUT2D eigenvalue weighted by molar-refractivity contribution is 5.99. The number of aromatic nitrogens is 2. The smallest absolute Gasteiger partial charge is 0.148 e. The number of hydrogen-bond acceptors (Lipinski definition) is 5. The zero-order chi connectivity index (χ0) is 31.7. The van der Waals surface area contributed by atoms with Crippen LogP contribution in [0.25, 0.3) is 22.3 Å². The van der Waals surface area contributed by atoms with Gasteiger partial charge < -0.3 is 5.11 Å². The van der Waals surface area contributed by atoms with Crippen molar-refractivity contribution in [3.63, 3.8) is 0 Å². The summed E-state index contributed by atoms with van der Waals surface area (Å²) < 4.78 is 0. The molecule has 2 heterocycles. The van der Waals surface area contributed by atoms with Gasteiger partial charge in [0.15, 0.2) is 0 Å². The summed E-state index contributed by atoms with van der Waals surface area (Å²) in [6, 6.07) is 33.7.